The maximum Gasteiger partial charge on any atom is 0.274 e. The van der Waals surface area contributed by atoms with Crippen molar-refractivity contribution in [3.05, 3.63) is 70.5 Å². The average molecular weight is 798 g/mol. The van der Waals surface area contributed by atoms with E-state index in [-0.39, 0.29) is 66.6 Å². The van der Waals surface area contributed by atoms with Crippen LogP contribution in [0.15, 0.2) is 48.5 Å². The number of hydrogen-bond donors (Lipinski definition) is 5. The number of aliphatic hydroxyl groups excluding tert-OH is 2. The summed E-state index contributed by atoms with van der Waals surface area (Å²) < 4.78 is 12.2. The summed E-state index contributed by atoms with van der Waals surface area (Å²) >= 11 is 6.06. The van der Waals surface area contributed by atoms with E-state index in [2.05, 4.69) is 15.3 Å². The highest BCUT2D eigenvalue weighted by molar-refractivity contribution is 6.31. The van der Waals surface area contributed by atoms with Crippen molar-refractivity contribution in [3.63, 3.8) is 0 Å². The van der Waals surface area contributed by atoms with E-state index >= 15 is 0 Å². The molecule has 3 aromatic rings. The number of ether oxygens (including phenoxy) is 2. The van der Waals surface area contributed by atoms with Crippen molar-refractivity contribution in [2.24, 2.45) is 0 Å². The number of amides is 3. The second kappa shape index (κ2) is 21.0. The van der Waals surface area contributed by atoms with E-state index in [9.17, 15) is 24.6 Å². The number of aromatic nitrogens is 2. The van der Waals surface area contributed by atoms with Gasteiger partial charge in [0.1, 0.15) is 11.5 Å². The van der Waals surface area contributed by atoms with E-state index in [0.29, 0.717) is 11.5 Å². The van der Waals surface area contributed by atoms with Gasteiger partial charge in [-0.1, -0.05) is 35.9 Å². The van der Waals surface area contributed by atoms with Gasteiger partial charge in [-0.05, 0) is 74.9 Å². The predicted octanol–water partition coefficient (Wildman–Crippen LogP) is 2.71. The summed E-state index contributed by atoms with van der Waals surface area (Å²) in [5.74, 6) is 0.261. The van der Waals surface area contributed by atoms with Crippen molar-refractivity contribution in [1.82, 2.24) is 25.1 Å². The number of halogens is 1. The summed E-state index contributed by atoms with van der Waals surface area (Å²) in [6, 6.07) is 15.4. The molecule has 3 atom stereocenters. The highest BCUT2D eigenvalue weighted by atomic mass is 35.5. The fraction of sp³-hybridized carbons (Fsp3) is 0.525. The predicted molar refractivity (Wildman–Crippen MR) is 215 cm³/mol. The Morgan fingerprint density at radius 2 is 1.32 bits per heavy atom. The van der Waals surface area contributed by atoms with E-state index in [1.54, 1.807) is 27.9 Å². The quantitative estimate of drug-likeness (QED) is 0.105. The molecule has 1 saturated heterocycles. The molecule has 1 aliphatic heterocycles. The van der Waals surface area contributed by atoms with Crippen LogP contribution in [0.5, 0.6) is 11.5 Å². The van der Waals surface area contributed by atoms with Crippen LogP contribution in [0, 0.1) is 0 Å². The lowest BCUT2D eigenvalue weighted by molar-refractivity contribution is -0.933. The highest BCUT2D eigenvalue weighted by Gasteiger charge is 2.35. The van der Waals surface area contributed by atoms with Gasteiger partial charge < -0.3 is 50.8 Å². The van der Waals surface area contributed by atoms with Gasteiger partial charge in [-0.3, -0.25) is 14.4 Å². The lowest BCUT2D eigenvalue weighted by Gasteiger charge is -2.45. The Morgan fingerprint density at radius 3 is 1.79 bits per heavy atom. The van der Waals surface area contributed by atoms with Gasteiger partial charge in [-0.25, -0.2) is 9.97 Å². The number of nitrogen functional groups attached to an aromatic ring is 2. The third-order valence-corrected chi connectivity index (χ3v) is 10.2. The molecular formula is C40H58ClN8O7+. The lowest BCUT2D eigenvalue weighted by Crippen LogP contribution is -2.60. The Morgan fingerprint density at radius 1 is 0.839 bits per heavy atom. The minimum atomic E-state index is -0.609. The Labute approximate surface area is 334 Å². The van der Waals surface area contributed by atoms with Crippen molar-refractivity contribution in [1.29, 1.82) is 0 Å². The molecule has 3 unspecified atom stereocenters. The standard InChI is InChI=1S/C40H57ClN8O7/c1-27(50)22-47(3)34(52)25-55-32-15-11-29(12-16-32)8-5-19-49(21-7-10-31(24-49)44-40(54)36-38(42)46-39(43)37(41)45-36)20-6-9-30-13-17-33(18-14-30)56-26-35(53)48(4)23-28(2)51/h11-18,27-28,31,50-51H,5-10,19-26H2,1-4H3,(H4-,42,43,44,46,54)/p+1. The topological polar surface area (TPSA) is 206 Å². The average Bonchev–Trinajstić information content (AvgIpc) is 3.15. The van der Waals surface area contributed by atoms with Gasteiger partial charge in [0.05, 0.1) is 44.4 Å². The molecule has 56 heavy (non-hydrogen) atoms. The molecule has 7 N–H and O–H groups in total. The first-order chi connectivity index (χ1) is 26.6. The maximum absolute atomic E-state index is 13.3. The van der Waals surface area contributed by atoms with Crippen LogP contribution >= 0.6 is 11.6 Å². The molecule has 2 heterocycles. The van der Waals surface area contributed by atoms with Crippen molar-refractivity contribution < 1.29 is 38.6 Å². The van der Waals surface area contributed by atoms with Crippen LogP contribution in [0.4, 0.5) is 11.6 Å². The summed E-state index contributed by atoms with van der Waals surface area (Å²) in [5.41, 5.74) is 14.0. The molecule has 15 nitrogen and oxygen atoms in total. The number of nitrogens with two attached hydrogens (primary N) is 2. The molecule has 0 spiro atoms. The Balaban J connectivity index is 1.36. The molecule has 0 aliphatic carbocycles. The zero-order valence-electron chi connectivity index (χ0n) is 33.0. The summed E-state index contributed by atoms with van der Waals surface area (Å²) in [7, 11) is 3.27. The van der Waals surface area contributed by atoms with E-state index < -0.39 is 18.1 Å². The molecule has 1 aliphatic rings. The first-order valence-corrected chi connectivity index (χ1v) is 19.5. The first-order valence-electron chi connectivity index (χ1n) is 19.1. The molecule has 306 valence electrons. The smallest absolute Gasteiger partial charge is 0.274 e. The zero-order chi connectivity index (χ0) is 40.8. The molecule has 2 aromatic carbocycles. The van der Waals surface area contributed by atoms with Gasteiger partial charge in [0.15, 0.2) is 35.7 Å². The van der Waals surface area contributed by atoms with Crippen LogP contribution in [0.1, 0.15) is 61.1 Å². The Kier molecular flexibility index (Phi) is 16.5. The number of likely N-dealkylation sites (N-methyl/N-ethyl adjacent to an activating group) is 2. The number of nitrogens with one attached hydrogen (secondary N) is 1. The lowest BCUT2D eigenvalue weighted by atomic mass is 9.99. The van der Waals surface area contributed by atoms with Gasteiger partial charge in [0.25, 0.3) is 17.7 Å². The first kappa shape index (κ1) is 44.0. The number of nitrogens with zero attached hydrogens (tertiary/aromatic N) is 5. The number of carbonyl (C=O) groups is 3. The minimum absolute atomic E-state index is 0.0304. The second-order valence-corrected chi connectivity index (χ2v) is 15.3. The monoisotopic (exact) mass is 797 g/mol. The number of rotatable bonds is 20. The molecular weight excluding hydrogens is 740 g/mol. The van der Waals surface area contributed by atoms with E-state index in [1.165, 1.54) is 9.80 Å². The third kappa shape index (κ3) is 13.8. The fourth-order valence-electron chi connectivity index (χ4n) is 7.07. The second-order valence-electron chi connectivity index (χ2n) is 15.0. The molecule has 4 rings (SSSR count). The number of piperidine rings is 1. The molecule has 1 aromatic heterocycles. The normalized spacial score (nSPS) is 17.7. The summed E-state index contributed by atoms with van der Waals surface area (Å²) in [6.07, 6.45) is 4.08. The van der Waals surface area contributed by atoms with Gasteiger partial charge in [-0.15, -0.1) is 0 Å². The zero-order valence-corrected chi connectivity index (χ0v) is 33.7. The molecule has 3 amide bonds. The summed E-state index contributed by atoms with van der Waals surface area (Å²) in [6.45, 7) is 7.10. The molecule has 16 heteroatoms. The third-order valence-electron chi connectivity index (χ3n) is 9.94. The summed E-state index contributed by atoms with van der Waals surface area (Å²) in [4.78, 5) is 48.9. The van der Waals surface area contributed by atoms with Crippen molar-refractivity contribution >= 4 is 41.0 Å². The Bertz CT molecular complexity index is 1660. The van der Waals surface area contributed by atoms with Crippen LogP contribution < -0.4 is 26.3 Å². The number of benzene rings is 2. The Hall–Kier alpha value is -4.70. The van der Waals surface area contributed by atoms with E-state index in [0.717, 1.165) is 80.3 Å². The van der Waals surface area contributed by atoms with Crippen molar-refractivity contribution in [2.75, 3.05) is 78.0 Å². The SMILES string of the molecule is CC(O)CN(C)C(=O)COc1ccc(CCC[N+]2(CCCc3ccc(OCC(=O)N(C)CC(C)O)cc3)CCCC(NC(=O)c3nc(Cl)c(N)nc3N)C2)cc1. The van der Waals surface area contributed by atoms with Crippen molar-refractivity contribution in [2.45, 2.75) is 70.6 Å². The number of hydrogen-bond acceptors (Lipinski definition) is 11. The van der Waals surface area contributed by atoms with E-state index in [4.69, 9.17) is 32.5 Å². The van der Waals surface area contributed by atoms with Crippen LogP contribution in [-0.2, 0) is 22.4 Å². The number of quaternary nitrogens is 1. The number of likely N-dealkylation sites (tertiary alicyclic amines) is 1. The van der Waals surface area contributed by atoms with Crippen LogP contribution in [-0.4, -0.2) is 137 Å². The van der Waals surface area contributed by atoms with Crippen LogP contribution in [0.3, 0.4) is 0 Å². The fourth-order valence-corrected chi connectivity index (χ4v) is 7.20. The number of aliphatic hydroxyl groups is 2. The minimum Gasteiger partial charge on any atom is -0.484 e. The number of aryl methyl sites for hydroxylation is 2. The maximum atomic E-state index is 13.3. The van der Waals surface area contributed by atoms with Gasteiger partial charge in [0, 0.05) is 40.0 Å². The van der Waals surface area contributed by atoms with Crippen LogP contribution in [0.25, 0.3) is 0 Å². The van der Waals surface area contributed by atoms with Gasteiger partial charge in [-0.2, -0.15) is 0 Å². The molecule has 0 radical (unpaired) electrons. The number of carbonyl (C=O) groups excluding carboxylic acids is 3. The van der Waals surface area contributed by atoms with E-state index in [1.807, 2.05) is 48.5 Å². The van der Waals surface area contributed by atoms with Gasteiger partial charge >= 0.3 is 0 Å². The highest BCUT2D eigenvalue weighted by Crippen LogP contribution is 2.25. The number of anilines is 2. The molecule has 0 bridgehead atoms. The molecule has 1 fully saturated rings. The van der Waals surface area contributed by atoms with Crippen LogP contribution in [0.2, 0.25) is 5.15 Å². The summed E-state index contributed by atoms with van der Waals surface area (Å²) in [5, 5.41) is 22.1. The van der Waals surface area contributed by atoms with Gasteiger partial charge in [0.2, 0.25) is 0 Å². The van der Waals surface area contributed by atoms with Crippen molar-refractivity contribution in [3.8, 4) is 11.5 Å². The molecule has 0 saturated carbocycles. The largest absolute Gasteiger partial charge is 0.484 e.